The minimum atomic E-state index is -0.789. The number of carbonyl (C=O) groups is 2. The van der Waals surface area contributed by atoms with Crippen LogP contribution in [-0.2, 0) is 27.4 Å². The topological polar surface area (TPSA) is 116 Å². The Morgan fingerprint density at radius 2 is 1.69 bits per heavy atom. The number of hydrogen-bond acceptors (Lipinski definition) is 7. The molecule has 0 spiro atoms. The van der Waals surface area contributed by atoms with E-state index in [1.165, 1.54) is 17.0 Å². The molecule has 4 aromatic carbocycles. The zero-order valence-corrected chi connectivity index (χ0v) is 29.0. The summed E-state index contributed by atoms with van der Waals surface area (Å²) in [5.41, 5.74) is 7.55. The summed E-state index contributed by atoms with van der Waals surface area (Å²) in [6, 6.07) is 30.2. The van der Waals surface area contributed by atoms with Crippen LogP contribution < -0.4 is 10.6 Å². The Hall–Kier alpha value is -4.96. The summed E-state index contributed by atoms with van der Waals surface area (Å²) in [6.45, 7) is 5.97. The SMILES string of the molecule is CCN(CCn1ccc2cc(CNC[C@H](O)c3ccc(O)c(NC=O)c3)ccc21)C1CCC(OC(=O)C2c3ccccc3-c3ccccc32)CC1. The van der Waals surface area contributed by atoms with Crippen LogP contribution >= 0.6 is 0 Å². The molecule has 1 amide bonds. The van der Waals surface area contributed by atoms with Crippen LogP contribution in [0, 0.1) is 0 Å². The molecule has 0 bridgehead atoms. The summed E-state index contributed by atoms with van der Waals surface area (Å²) in [7, 11) is 0. The van der Waals surface area contributed by atoms with Crippen LogP contribution in [0.4, 0.5) is 5.69 Å². The van der Waals surface area contributed by atoms with Crippen molar-refractivity contribution in [2.45, 2.75) is 69.9 Å². The van der Waals surface area contributed by atoms with Crippen molar-refractivity contribution in [2.75, 3.05) is 25.0 Å². The molecule has 0 saturated heterocycles. The van der Waals surface area contributed by atoms with Gasteiger partial charge in [-0.2, -0.15) is 0 Å². The first-order valence-corrected chi connectivity index (χ1v) is 18.1. The van der Waals surface area contributed by atoms with Crippen molar-refractivity contribution in [2.24, 2.45) is 0 Å². The van der Waals surface area contributed by atoms with Gasteiger partial charge in [-0.1, -0.05) is 67.6 Å². The van der Waals surface area contributed by atoms with Gasteiger partial charge in [0.25, 0.3) is 0 Å². The van der Waals surface area contributed by atoms with Gasteiger partial charge in [0.2, 0.25) is 6.41 Å². The van der Waals surface area contributed by atoms with E-state index < -0.39 is 6.10 Å². The normalized spacial score (nSPS) is 17.6. The van der Waals surface area contributed by atoms with Crippen molar-refractivity contribution in [3.05, 3.63) is 119 Å². The summed E-state index contributed by atoms with van der Waals surface area (Å²) in [4.78, 5) is 26.9. The Morgan fingerprint density at radius 1 is 0.961 bits per heavy atom. The molecule has 4 N–H and O–H groups in total. The molecule has 1 saturated carbocycles. The molecule has 0 unspecified atom stereocenters. The van der Waals surface area contributed by atoms with E-state index >= 15 is 0 Å². The van der Waals surface area contributed by atoms with Gasteiger partial charge in [0.15, 0.2) is 0 Å². The zero-order chi connectivity index (χ0) is 35.3. The van der Waals surface area contributed by atoms with E-state index in [4.69, 9.17) is 4.74 Å². The Balaban J connectivity index is 0.888. The zero-order valence-electron chi connectivity index (χ0n) is 29.0. The Bertz CT molecular complexity index is 1950. The third kappa shape index (κ3) is 7.42. The number of aliphatic hydroxyl groups excluding tert-OH is 1. The molecule has 9 nitrogen and oxygen atoms in total. The highest BCUT2D eigenvalue weighted by molar-refractivity contribution is 5.93. The number of hydrogen-bond donors (Lipinski definition) is 4. The highest BCUT2D eigenvalue weighted by atomic mass is 16.5. The third-order valence-corrected chi connectivity index (χ3v) is 10.7. The predicted molar refractivity (Wildman–Crippen MR) is 200 cm³/mol. The van der Waals surface area contributed by atoms with Crippen LogP contribution in [0.3, 0.4) is 0 Å². The van der Waals surface area contributed by atoms with Gasteiger partial charge in [-0.25, -0.2) is 0 Å². The van der Waals surface area contributed by atoms with Gasteiger partial charge >= 0.3 is 5.97 Å². The number of carbonyl (C=O) groups excluding carboxylic acids is 2. The second-order valence-corrected chi connectivity index (χ2v) is 13.7. The van der Waals surface area contributed by atoms with Gasteiger partial charge in [-0.15, -0.1) is 0 Å². The van der Waals surface area contributed by atoms with Gasteiger partial charge < -0.3 is 30.2 Å². The van der Waals surface area contributed by atoms with Gasteiger partial charge in [0.05, 0.1) is 11.8 Å². The molecule has 5 aromatic rings. The third-order valence-electron chi connectivity index (χ3n) is 10.7. The fourth-order valence-corrected chi connectivity index (χ4v) is 7.97. The highest BCUT2D eigenvalue weighted by Crippen LogP contribution is 2.45. The first-order valence-electron chi connectivity index (χ1n) is 18.1. The fraction of sp³-hybridized carbons (Fsp3) is 0.333. The molecule has 7 rings (SSSR count). The van der Waals surface area contributed by atoms with Crippen LogP contribution in [0.2, 0.25) is 0 Å². The quantitative estimate of drug-likeness (QED) is 0.0582. The lowest BCUT2D eigenvalue weighted by Gasteiger charge is -2.36. The minimum absolute atomic E-state index is 0.0425. The standard InChI is InChI=1S/C42H46N4O5/c1-2-45(31-13-15-32(16-14-31)51-42(50)41-35-9-5-3-7-33(35)34-8-4-6-10-36(34)41)21-22-46-20-19-29-23-28(11-17-38(29)46)25-43-26-40(49)30-12-18-39(48)37(24-30)44-27-47/h3-12,17-20,23-24,27,31-32,40-41,43,48-49H,2,13-16,21-22,25-26H2,1H3,(H,44,47)/t31?,32?,40-/m0/s1. The number of phenols is 1. The van der Waals surface area contributed by atoms with Crippen LogP contribution in [0.15, 0.2) is 97.2 Å². The van der Waals surface area contributed by atoms with Crippen molar-refractivity contribution in [3.8, 4) is 16.9 Å². The molecule has 264 valence electrons. The number of phenolic OH excluding ortho intramolecular Hbond substituents is 1. The van der Waals surface area contributed by atoms with Crippen molar-refractivity contribution >= 4 is 29.0 Å². The molecule has 1 atom stereocenters. The monoisotopic (exact) mass is 686 g/mol. The average Bonchev–Trinajstić information content (AvgIpc) is 3.72. The van der Waals surface area contributed by atoms with E-state index in [0.717, 1.165) is 73.1 Å². The predicted octanol–water partition coefficient (Wildman–Crippen LogP) is 6.73. The largest absolute Gasteiger partial charge is 0.506 e. The number of aromatic hydroxyl groups is 1. The highest BCUT2D eigenvalue weighted by Gasteiger charge is 2.36. The molecule has 1 heterocycles. The van der Waals surface area contributed by atoms with E-state index in [0.29, 0.717) is 31.1 Å². The second kappa shape index (κ2) is 15.5. The lowest BCUT2D eigenvalue weighted by atomic mass is 9.91. The van der Waals surface area contributed by atoms with Crippen LogP contribution in [-0.4, -0.2) is 63.8 Å². The number of ether oxygens (including phenoxy) is 1. The maximum atomic E-state index is 13.6. The first-order chi connectivity index (χ1) is 24.9. The Labute approximate surface area is 298 Å². The summed E-state index contributed by atoms with van der Waals surface area (Å²) >= 11 is 0. The van der Waals surface area contributed by atoms with E-state index in [-0.39, 0.29) is 29.4 Å². The molecular formula is C42H46N4O5. The van der Waals surface area contributed by atoms with Crippen LogP contribution in [0.25, 0.3) is 22.0 Å². The molecule has 0 aliphatic heterocycles. The number of fused-ring (bicyclic) bond motifs is 4. The van der Waals surface area contributed by atoms with Gasteiger partial charge in [0.1, 0.15) is 17.8 Å². The smallest absolute Gasteiger partial charge is 0.318 e. The number of likely N-dealkylation sites (N-methyl/N-ethyl adjacent to an activating group) is 1. The number of rotatable bonds is 14. The lowest BCUT2D eigenvalue weighted by Crippen LogP contribution is -2.41. The van der Waals surface area contributed by atoms with Crippen molar-refractivity contribution in [1.29, 1.82) is 0 Å². The average molecular weight is 687 g/mol. The van der Waals surface area contributed by atoms with E-state index in [2.05, 4.69) is 81.8 Å². The van der Waals surface area contributed by atoms with Gasteiger partial charge in [0, 0.05) is 43.9 Å². The molecular weight excluding hydrogens is 640 g/mol. The second-order valence-electron chi connectivity index (χ2n) is 13.7. The molecule has 1 fully saturated rings. The van der Waals surface area contributed by atoms with Crippen molar-refractivity contribution in [3.63, 3.8) is 0 Å². The van der Waals surface area contributed by atoms with Crippen molar-refractivity contribution in [1.82, 2.24) is 14.8 Å². The van der Waals surface area contributed by atoms with Crippen molar-refractivity contribution < 1.29 is 24.5 Å². The molecule has 2 aliphatic carbocycles. The first kappa shape index (κ1) is 34.5. The molecule has 2 aliphatic rings. The fourth-order valence-electron chi connectivity index (χ4n) is 7.97. The molecule has 1 aromatic heterocycles. The molecule has 51 heavy (non-hydrogen) atoms. The van der Waals surface area contributed by atoms with E-state index in [9.17, 15) is 19.8 Å². The maximum Gasteiger partial charge on any atom is 0.318 e. The number of aromatic nitrogens is 1. The molecule has 9 heteroatoms. The Kier molecular flexibility index (Phi) is 10.5. The maximum absolute atomic E-state index is 13.6. The number of amides is 1. The number of nitrogens with one attached hydrogen (secondary N) is 2. The number of esters is 1. The summed E-state index contributed by atoms with van der Waals surface area (Å²) in [5.74, 6) is -0.525. The number of benzene rings is 4. The Morgan fingerprint density at radius 3 is 2.39 bits per heavy atom. The number of nitrogens with zero attached hydrogens (tertiary/aromatic N) is 2. The molecule has 0 radical (unpaired) electrons. The van der Waals surface area contributed by atoms with Crippen LogP contribution in [0.5, 0.6) is 5.75 Å². The van der Waals surface area contributed by atoms with E-state index in [1.807, 2.05) is 24.3 Å². The van der Waals surface area contributed by atoms with E-state index in [1.54, 1.807) is 12.1 Å². The van der Waals surface area contributed by atoms with Gasteiger partial charge in [-0.05, 0) is 101 Å². The summed E-state index contributed by atoms with van der Waals surface area (Å²) in [6.07, 6.45) is 5.63. The minimum Gasteiger partial charge on any atom is -0.506 e. The van der Waals surface area contributed by atoms with Gasteiger partial charge in [-0.3, -0.25) is 14.5 Å². The lowest BCUT2D eigenvalue weighted by molar-refractivity contribution is -0.151. The summed E-state index contributed by atoms with van der Waals surface area (Å²) in [5, 5.41) is 27.4. The number of aliphatic hydroxyl groups is 1. The summed E-state index contributed by atoms with van der Waals surface area (Å²) < 4.78 is 8.52. The van der Waals surface area contributed by atoms with Crippen LogP contribution in [0.1, 0.15) is 66.9 Å². The number of anilines is 1.